The van der Waals surface area contributed by atoms with Crippen molar-refractivity contribution < 1.29 is 64.8 Å². The summed E-state index contributed by atoms with van der Waals surface area (Å²) in [4.78, 5) is 37.5. The number of hydrogen-bond donors (Lipinski definition) is 1. The van der Waals surface area contributed by atoms with Crippen molar-refractivity contribution in [3.8, 4) is 11.8 Å². The summed E-state index contributed by atoms with van der Waals surface area (Å²) in [5.74, 6) is -0.213. The molecule has 0 spiro atoms. The van der Waals surface area contributed by atoms with Crippen molar-refractivity contribution in [1.82, 2.24) is 0 Å². The standard InChI is InChI=1S/C32H34F6O8/c1-4-5-17-24(45-27(41)29(43-2,31(33,34)35)22-13-8-6-9-14-22)20-21-25(18-12-19-26(39)40)46-28(42)30(44-3,32(36,37)38)23-15-10-7-11-16-23/h6-11,13-16,24-25H,4-5,12,17-19H2,1-3H3,(H,39,40)/t24-,25+,29-,30-/m1/s1. The third-order valence-corrected chi connectivity index (χ3v) is 6.93. The van der Waals surface area contributed by atoms with Gasteiger partial charge < -0.3 is 24.1 Å². The molecular formula is C32H34F6O8. The topological polar surface area (TPSA) is 108 Å². The van der Waals surface area contributed by atoms with Crippen molar-refractivity contribution >= 4 is 17.9 Å². The molecule has 0 amide bonds. The van der Waals surface area contributed by atoms with Crippen LogP contribution in [-0.4, -0.2) is 61.8 Å². The van der Waals surface area contributed by atoms with Crippen molar-refractivity contribution in [3.05, 3.63) is 71.8 Å². The van der Waals surface area contributed by atoms with Crippen molar-refractivity contribution in [2.45, 2.75) is 81.2 Å². The van der Waals surface area contributed by atoms with Crippen molar-refractivity contribution in [1.29, 1.82) is 0 Å². The fourth-order valence-corrected chi connectivity index (χ4v) is 4.53. The van der Waals surface area contributed by atoms with E-state index in [-0.39, 0.29) is 19.3 Å². The number of halogens is 6. The van der Waals surface area contributed by atoms with E-state index >= 15 is 0 Å². The highest BCUT2D eigenvalue weighted by Gasteiger charge is 2.65. The summed E-state index contributed by atoms with van der Waals surface area (Å²) in [7, 11) is 1.34. The zero-order chi connectivity index (χ0) is 34.6. The van der Waals surface area contributed by atoms with Crippen LogP contribution in [0.15, 0.2) is 60.7 Å². The molecule has 0 aliphatic heterocycles. The maximum absolute atomic E-state index is 14.4. The van der Waals surface area contributed by atoms with Crippen LogP contribution < -0.4 is 0 Å². The highest BCUT2D eigenvalue weighted by Crippen LogP contribution is 2.44. The van der Waals surface area contributed by atoms with Gasteiger partial charge in [0, 0.05) is 31.8 Å². The van der Waals surface area contributed by atoms with Gasteiger partial charge in [-0.05, 0) is 25.7 Å². The number of carboxylic acid groups (broad SMARTS) is 1. The largest absolute Gasteiger partial charge is 0.481 e. The fraction of sp³-hybridized carbons (Fsp3) is 0.469. The molecule has 0 saturated heterocycles. The number of aliphatic carboxylic acids is 1. The first kappa shape index (κ1) is 38.1. The molecule has 252 valence electrons. The monoisotopic (exact) mass is 660 g/mol. The average molecular weight is 661 g/mol. The van der Waals surface area contributed by atoms with Crippen LogP contribution >= 0.6 is 0 Å². The number of unbranched alkanes of at least 4 members (excludes halogenated alkanes) is 1. The summed E-state index contributed by atoms with van der Waals surface area (Å²) in [5.41, 5.74) is -8.29. The summed E-state index contributed by atoms with van der Waals surface area (Å²) in [6, 6.07) is 11.9. The molecule has 14 heteroatoms. The second-order valence-corrected chi connectivity index (χ2v) is 10.0. The van der Waals surface area contributed by atoms with Gasteiger partial charge >= 0.3 is 30.3 Å². The lowest BCUT2D eigenvalue weighted by Crippen LogP contribution is -2.52. The van der Waals surface area contributed by atoms with E-state index in [9.17, 15) is 40.7 Å². The molecule has 2 aromatic carbocycles. The van der Waals surface area contributed by atoms with Crippen LogP contribution in [0, 0.1) is 11.8 Å². The number of hydrogen-bond acceptors (Lipinski definition) is 7. The summed E-state index contributed by atoms with van der Waals surface area (Å²) < 4.78 is 106. The van der Waals surface area contributed by atoms with E-state index in [1.807, 2.05) is 0 Å². The Morgan fingerprint density at radius 2 is 1.07 bits per heavy atom. The molecule has 1 N–H and O–H groups in total. The van der Waals surface area contributed by atoms with E-state index in [0.717, 1.165) is 24.3 Å². The number of carboxylic acids is 1. The Morgan fingerprint density at radius 1 is 0.696 bits per heavy atom. The molecule has 0 fully saturated rings. The van der Waals surface area contributed by atoms with Gasteiger partial charge in [-0.25, -0.2) is 9.59 Å². The van der Waals surface area contributed by atoms with Gasteiger partial charge in [-0.15, -0.1) is 0 Å². The minimum Gasteiger partial charge on any atom is -0.481 e. The van der Waals surface area contributed by atoms with Gasteiger partial charge in [0.05, 0.1) is 0 Å². The van der Waals surface area contributed by atoms with Crippen LogP contribution in [0.1, 0.15) is 56.6 Å². The first-order chi connectivity index (χ1) is 21.6. The third kappa shape index (κ3) is 8.79. The molecule has 0 aliphatic carbocycles. The number of alkyl halides is 6. The molecule has 2 rings (SSSR count). The zero-order valence-corrected chi connectivity index (χ0v) is 25.2. The predicted octanol–water partition coefficient (Wildman–Crippen LogP) is 6.47. The molecule has 46 heavy (non-hydrogen) atoms. The van der Waals surface area contributed by atoms with E-state index < -0.39 is 71.2 Å². The van der Waals surface area contributed by atoms with Gasteiger partial charge in [-0.2, -0.15) is 26.3 Å². The zero-order valence-electron chi connectivity index (χ0n) is 25.2. The van der Waals surface area contributed by atoms with Crippen LogP contribution in [0.3, 0.4) is 0 Å². The highest BCUT2D eigenvalue weighted by atomic mass is 19.4. The normalized spacial score (nSPS) is 15.7. The van der Waals surface area contributed by atoms with Gasteiger partial charge in [0.25, 0.3) is 11.2 Å². The Hall–Kier alpha value is -4.09. The van der Waals surface area contributed by atoms with E-state index in [1.165, 1.54) is 36.4 Å². The minimum absolute atomic E-state index is 0.0912. The summed E-state index contributed by atoms with van der Waals surface area (Å²) in [6.07, 6.45) is -14.2. The number of carbonyl (C=O) groups is 3. The smallest absolute Gasteiger partial charge is 0.432 e. The Kier molecular flexibility index (Phi) is 13.6. The summed E-state index contributed by atoms with van der Waals surface area (Å²) in [5, 5.41) is 9.03. The van der Waals surface area contributed by atoms with E-state index in [4.69, 9.17) is 24.1 Å². The Labute approximate surface area is 262 Å². The summed E-state index contributed by atoms with van der Waals surface area (Å²) in [6.45, 7) is 1.74. The molecular weight excluding hydrogens is 626 g/mol. The number of carbonyl (C=O) groups excluding carboxylic acids is 2. The maximum Gasteiger partial charge on any atom is 0.432 e. The number of benzene rings is 2. The lowest BCUT2D eigenvalue weighted by molar-refractivity contribution is -0.278. The lowest BCUT2D eigenvalue weighted by Gasteiger charge is -2.33. The van der Waals surface area contributed by atoms with Crippen LogP contribution in [0.5, 0.6) is 0 Å². The minimum atomic E-state index is -5.32. The Bertz CT molecular complexity index is 1350. The van der Waals surface area contributed by atoms with Crippen molar-refractivity contribution in [2.24, 2.45) is 0 Å². The number of methoxy groups -OCH3 is 2. The molecule has 0 aliphatic rings. The average Bonchev–Trinajstić information content (AvgIpc) is 2.99. The van der Waals surface area contributed by atoms with Crippen LogP contribution in [-0.2, 0) is 44.5 Å². The van der Waals surface area contributed by atoms with Crippen molar-refractivity contribution in [3.63, 3.8) is 0 Å². The number of ether oxygens (including phenoxy) is 4. The van der Waals surface area contributed by atoms with E-state index in [0.29, 0.717) is 27.1 Å². The highest BCUT2D eigenvalue weighted by molar-refractivity contribution is 5.84. The van der Waals surface area contributed by atoms with Crippen LogP contribution in [0.25, 0.3) is 0 Å². The second kappa shape index (κ2) is 16.5. The molecule has 0 heterocycles. The molecule has 0 unspecified atom stereocenters. The van der Waals surface area contributed by atoms with E-state index in [1.54, 1.807) is 6.92 Å². The predicted molar refractivity (Wildman–Crippen MR) is 151 cm³/mol. The molecule has 2 aromatic rings. The quantitative estimate of drug-likeness (QED) is 0.132. The molecule has 0 bridgehead atoms. The summed E-state index contributed by atoms with van der Waals surface area (Å²) >= 11 is 0. The SMILES string of the molecule is CCCC[C@H](C#C[C@H](CCCC(=O)O)OC(=O)[C@](OC)(c1ccccc1)C(F)(F)F)OC(=O)[C@](OC)(c1ccccc1)C(F)(F)F. The van der Waals surface area contributed by atoms with Gasteiger partial charge in [-0.1, -0.05) is 85.8 Å². The molecule has 0 saturated carbocycles. The molecule has 4 atom stereocenters. The molecule has 0 aromatic heterocycles. The first-order valence-corrected chi connectivity index (χ1v) is 14.1. The fourth-order valence-electron chi connectivity index (χ4n) is 4.53. The van der Waals surface area contributed by atoms with Gasteiger partial charge in [0.1, 0.15) is 0 Å². The first-order valence-electron chi connectivity index (χ1n) is 14.1. The van der Waals surface area contributed by atoms with E-state index in [2.05, 4.69) is 11.8 Å². The van der Waals surface area contributed by atoms with Crippen LogP contribution in [0.4, 0.5) is 26.3 Å². The lowest BCUT2D eigenvalue weighted by atomic mass is 9.92. The Morgan fingerprint density at radius 3 is 1.37 bits per heavy atom. The van der Waals surface area contributed by atoms with Gasteiger partial charge in [0.2, 0.25) is 0 Å². The molecule has 0 radical (unpaired) electrons. The molecule has 8 nitrogen and oxygen atoms in total. The van der Waals surface area contributed by atoms with Crippen LogP contribution in [0.2, 0.25) is 0 Å². The maximum atomic E-state index is 14.4. The second-order valence-electron chi connectivity index (χ2n) is 10.0. The third-order valence-electron chi connectivity index (χ3n) is 6.93. The number of esters is 2. The number of rotatable bonds is 15. The van der Waals surface area contributed by atoms with Gasteiger partial charge in [0.15, 0.2) is 12.2 Å². The van der Waals surface area contributed by atoms with Crippen molar-refractivity contribution in [2.75, 3.05) is 14.2 Å². The van der Waals surface area contributed by atoms with Gasteiger partial charge in [-0.3, -0.25) is 4.79 Å². The Balaban J connectivity index is 2.53.